The Morgan fingerprint density at radius 3 is 2.62 bits per heavy atom. The third-order valence-corrected chi connectivity index (χ3v) is 6.13. The van der Waals surface area contributed by atoms with Gasteiger partial charge in [-0.15, -0.1) is 11.3 Å². The lowest BCUT2D eigenvalue weighted by atomic mass is 10.1. The van der Waals surface area contributed by atoms with Gasteiger partial charge in [0.1, 0.15) is 11.3 Å². The standard InChI is InChI=1S/C23H25N3O2S/c1-5-20-19(18-8-6-7-9-21(18)28-20)13-25(4)22(27)12-17-14-29-23(24-17)26-15(2)10-11-16(26)3/h6-11,14H,5,12-13H2,1-4H3. The van der Waals surface area contributed by atoms with Crippen LogP contribution >= 0.6 is 11.3 Å². The third kappa shape index (κ3) is 3.72. The van der Waals surface area contributed by atoms with E-state index < -0.39 is 0 Å². The van der Waals surface area contributed by atoms with E-state index >= 15 is 0 Å². The highest BCUT2D eigenvalue weighted by atomic mass is 32.1. The molecule has 150 valence electrons. The minimum Gasteiger partial charge on any atom is -0.461 e. The van der Waals surface area contributed by atoms with Crippen LogP contribution in [-0.4, -0.2) is 27.4 Å². The molecule has 5 nitrogen and oxygen atoms in total. The number of nitrogens with zero attached hydrogens (tertiary/aromatic N) is 3. The van der Waals surface area contributed by atoms with Crippen LogP contribution < -0.4 is 0 Å². The number of hydrogen-bond donors (Lipinski definition) is 0. The Labute approximate surface area is 174 Å². The van der Waals surface area contributed by atoms with E-state index in [0.717, 1.165) is 50.9 Å². The zero-order chi connectivity index (χ0) is 20.5. The second-order valence-electron chi connectivity index (χ2n) is 7.35. The fourth-order valence-electron chi connectivity index (χ4n) is 3.67. The van der Waals surface area contributed by atoms with Gasteiger partial charge in [-0.25, -0.2) is 4.98 Å². The first-order valence-electron chi connectivity index (χ1n) is 9.81. The van der Waals surface area contributed by atoms with Gasteiger partial charge in [-0.1, -0.05) is 25.1 Å². The molecule has 0 bridgehead atoms. The van der Waals surface area contributed by atoms with Crippen LogP contribution in [0, 0.1) is 13.8 Å². The van der Waals surface area contributed by atoms with Crippen LogP contribution in [0.3, 0.4) is 0 Å². The van der Waals surface area contributed by atoms with Crippen molar-refractivity contribution in [2.45, 2.75) is 40.2 Å². The van der Waals surface area contributed by atoms with Crippen LogP contribution in [0.2, 0.25) is 0 Å². The van der Waals surface area contributed by atoms with Gasteiger partial charge in [-0.2, -0.15) is 0 Å². The van der Waals surface area contributed by atoms with Crippen LogP contribution in [-0.2, 0) is 24.2 Å². The number of carbonyl (C=O) groups excluding carboxylic acids is 1. The molecule has 0 radical (unpaired) electrons. The van der Waals surface area contributed by atoms with Crippen LogP contribution in [0.1, 0.15) is 35.3 Å². The summed E-state index contributed by atoms with van der Waals surface area (Å²) in [6.45, 7) is 6.73. The fourth-order valence-corrected chi connectivity index (χ4v) is 4.61. The highest BCUT2D eigenvalue weighted by Gasteiger charge is 2.18. The van der Waals surface area contributed by atoms with Gasteiger partial charge in [-0.3, -0.25) is 9.36 Å². The number of para-hydroxylation sites is 1. The average molecular weight is 408 g/mol. The number of hydrogen-bond acceptors (Lipinski definition) is 4. The van der Waals surface area contributed by atoms with E-state index in [0.29, 0.717) is 13.0 Å². The Morgan fingerprint density at radius 2 is 1.90 bits per heavy atom. The van der Waals surface area contributed by atoms with Gasteiger partial charge in [0.05, 0.1) is 12.1 Å². The summed E-state index contributed by atoms with van der Waals surface area (Å²) in [6, 6.07) is 12.2. The van der Waals surface area contributed by atoms with Gasteiger partial charge in [-0.05, 0) is 32.0 Å². The normalized spacial score (nSPS) is 11.3. The van der Waals surface area contributed by atoms with Crippen molar-refractivity contribution in [3.05, 3.63) is 70.2 Å². The highest BCUT2D eigenvalue weighted by molar-refractivity contribution is 7.12. The molecule has 4 rings (SSSR count). The number of furan rings is 1. The lowest BCUT2D eigenvalue weighted by molar-refractivity contribution is -0.129. The summed E-state index contributed by atoms with van der Waals surface area (Å²) < 4.78 is 8.08. The van der Waals surface area contributed by atoms with Crippen molar-refractivity contribution in [1.29, 1.82) is 0 Å². The molecule has 0 aliphatic carbocycles. The predicted molar refractivity (Wildman–Crippen MR) is 117 cm³/mol. The number of aryl methyl sites for hydroxylation is 3. The quantitative estimate of drug-likeness (QED) is 0.449. The SMILES string of the molecule is CCc1oc2ccccc2c1CN(C)C(=O)Cc1csc(-n2c(C)ccc2C)n1. The Hall–Kier alpha value is -2.86. The van der Waals surface area contributed by atoms with Crippen LogP contribution in [0.15, 0.2) is 46.2 Å². The first kappa shape index (κ1) is 19.5. The van der Waals surface area contributed by atoms with E-state index in [-0.39, 0.29) is 5.91 Å². The maximum Gasteiger partial charge on any atom is 0.228 e. The monoisotopic (exact) mass is 407 g/mol. The minimum absolute atomic E-state index is 0.0511. The number of likely N-dealkylation sites (N-methyl/N-ethyl adjacent to an activating group) is 1. The molecule has 0 unspecified atom stereocenters. The Bertz CT molecular complexity index is 1150. The predicted octanol–water partition coefficient (Wildman–Crippen LogP) is 5.06. The zero-order valence-corrected chi connectivity index (χ0v) is 18.0. The lowest BCUT2D eigenvalue weighted by Crippen LogP contribution is -2.28. The topological polar surface area (TPSA) is 51.3 Å². The minimum atomic E-state index is 0.0511. The van der Waals surface area contributed by atoms with Gasteiger partial charge in [0.15, 0.2) is 5.13 Å². The van der Waals surface area contributed by atoms with Crippen molar-refractivity contribution in [2.24, 2.45) is 0 Å². The molecule has 3 heterocycles. The number of fused-ring (bicyclic) bond motifs is 1. The Kier molecular flexibility index (Phi) is 5.28. The summed E-state index contributed by atoms with van der Waals surface area (Å²) in [6.07, 6.45) is 1.10. The zero-order valence-electron chi connectivity index (χ0n) is 17.2. The van der Waals surface area contributed by atoms with E-state index in [1.165, 1.54) is 0 Å². The molecule has 0 saturated carbocycles. The van der Waals surface area contributed by atoms with E-state index in [4.69, 9.17) is 9.40 Å². The summed E-state index contributed by atoms with van der Waals surface area (Å²) in [7, 11) is 1.84. The number of aromatic nitrogens is 2. The molecule has 0 N–H and O–H groups in total. The van der Waals surface area contributed by atoms with Crippen molar-refractivity contribution in [2.75, 3.05) is 7.05 Å². The summed E-state index contributed by atoms with van der Waals surface area (Å²) >= 11 is 1.57. The van der Waals surface area contributed by atoms with Crippen molar-refractivity contribution in [3.8, 4) is 5.13 Å². The molecule has 0 aliphatic heterocycles. The van der Waals surface area contributed by atoms with Crippen molar-refractivity contribution in [3.63, 3.8) is 0 Å². The summed E-state index contributed by atoms with van der Waals surface area (Å²) in [4.78, 5) is 19.3. The summed E-state index contributed by atoms with van der Waals surface area (Å²) in [5.41, 5.74) is 5.07. The maximum atomic E-state index is 12.9. The number of thiazole rings is 1. The second-order valence-corrected chi connectivity index (χ2v) is 8.19. The van der Waals surface area contributed by atoms with Crippen molar-refractivity contribution in [1.82, 2.24) is 14.5 Å². The largest absolute Gasteiger partial charge is 0.461 e. The van der Waals surface area contributed by atoms with E-state index in [9.17, 15) is 4.79 Å². The van der Waals surface area contributed by atoms with Gasteiger partial charge in [0, 0.05) is 47.7 Å². The maximum absolute atomic E-state index is 12.9. The van der Waals surface area contributed by atoms with E-state index in [2.05, 4.69) is 43.5 Å². The van der Waals surface area contributed by atoms with Crippen molar-refractivity contribution < 1.29 is 9.21 Å². The number of amides is 1. The second kappa shape index (κ2) is 7.87. The lowest BCUT2D eigenvalue weighted by Gasteiger charge is -2.17. The molecule has 0 spiro atoms. The molecule has 0 aliphatic rings. The Morgan fingerprint density at radius 1 is 1.17 bits per heavy atom. The van der Waals surface area contributed by atoms with Gasteiger partial charge >= 0.3 is 0 Å². The molecule has 29 heavy (non-hydrogen) atoms. The molecule has 0 saturated heterocycles. The molecular weight excluding hydrogens is 382 g/mol. The van der Waals surface area contributed by atoms with Gasteiger partial charge in [0.25, 0.3) is 0 Å². The van der Waals surface area contributed by atoms with Gasteiger partial charge in [0.2, 0.25) is 5.91 Å². The van der Waals surface area contributed by atoms with Crippen LogP contribution in [0.25, 0.3) is 16.1 Å². The van der Waals surface area contributed by atoms with Crippen molar-refractivity contribution >= 4 is 28.2 Å². The van der Waals surface area contributed by atoms with E-state index in [1.54, 1.807) is 16.2 Å². The van der Waals surface area contributed by atoms with E-state index in [1.807, 2.05) is 30.6 Å². The first-order valence-corrected chi connectivity index (χ1v) is 10.7. The molecule has 0 atom stereocenters. The third-order valence-electron chi connectivity index (χ3n) is 5.26. The summed E-state index contributed by atoms with van der Waals surface area (Å²) in [5.74, 6) is 0.996. The number of rotatable bonds is 6. The molecule has 6 heteroatoms. The van der Waals surface area contributed by atoms with Gasteiger partial charge < -0.3 is 9.32 Å². The molecular formula is C23H25N3O2S. The Balaban J connectivity index is 1.50. The molecule has 1 aromatic carbocycles. The van der Waals surface area contributed by atoms with Crippen LogP contribution in [0.4, 0.5) is 0 Å². The molecule has 4 aromatic rings. The average Bonchev–Trinajstić information content (AvgIpc) is 3.39. The number of benzene rings is 1. The smallest absolute Gasteiger partial charge is 0.228 e. The molecule has 1 amide bonds. The number of carbonyl (C=O) groups is 1. The first-order chi connectivity index (χ1) is 14.0. The molecule has 0 fully saturated rings. The molecule has 3 aromatic heterocycles. The van der Waals surface area contributed by atoms with Crippen LogP contribution in [0.5, 0.6) is 0 Å². The highest BCUT2D eigenvalue weighted by Crippen LogP contribution is 2.27. The fraction of sp³-hybridized carbons (Fsp3) is 0.304. The summed E-state index contributed by atoms with van der Waals surface area (Å²) in [5, 5.41) is 3.97.